The van der Waals surface area contributed by atoms with Gasteiger partial charge in [0.2, 0.25) is 0 Å². The molecule has 3 aromatic carbocycles. The van der Waals surface area contributed by atoms with Crippen LogP contribution in [0.3, 0.4) is 0 Å². The molecule has 0 atom stereocenters. The minimum absolute atomic E-state index is 0.0673. The number of nitrogens with zero attached hydrogens (tertiary/aromatic N) is 2. The average molecular weight is 471 g/mol. The van der Waals surface area contributed by atoms with E-state index in [0.717, 1.165) is 46.4 Å². The van der Waals surface area contributed by atoms with Gasteiger partial charge in [-0.1, -0.05) is 24.3 Å². The van der Waals surface area contributed by atoms with Gasteiger partial charge in [0.15, 0.2) is 0 Å². The van der Waals surface area contributed by atoms with Crippen molar-refractivity contribution in [2.24, 2.45) is 0 Å². The molecule has 0 unspecified atom stereocenters. The minimum Gasteiger partial charge on any atom is -0.494 e. The molecule has 0 amide bonds. The van der Waals surface area contributed by atoms with E-state index < -0.39 is 5.97 Å². The highest BCUT2D eigenvalue weighted by Gasteiger charge is 2.11. The molecule has 0 aliphatic rings. The highest BCUT2D eigenvalue weighted by molar-refractivity contribution is 5.91. The molecule has 4 aromatic rings. The topological polar surface area (TPSA) is 71.8 Å². The number of pyridine rings is 1. The number of aromatic carboxylic acids is 1. The van der Waals surface area contributed by atoms with Crippen molar-refractivity contribution in [3.63, 3.8) is 0 Å². The lowest BCUT2D eigenvalue weighted by atomic mass is 9.96. The van der Waals surface area contributed by atoms with Gasteiger partial charge >= 0.3 is 5.97 Å². The number of ether oxygens (including phenoxy) is 1. The van der Waals surface area contributed by atoms with Crippen molar-refractivity contribution in [2.75, 3.05) is 27.2 Å². The van der Waals surface area contributed by atoms with Gasteiger partial charge in [-0.3, -0.25) is 4.79 Å². The second-order valence-electron chi connectivity index (χ2n) is 9.04. The third-order valence-corrected chi connectivity index (χ3v) is 6.04. The molecule has 4 rings (SSSR count). The minimum atomic E-state index is -0.960. The number of rotatable bonds is 9. The van der Waals surface area contributed by atoms with Gasteiger partial charge in [-0.2, -0.15) is 0 Å². The number of carboxylic acid groups (broad SMARTS) is 1. The first kappa shape index (κ1) is 24.2. The zero-order chi connectivity index (χ0) is 24.9. The molecule has 0 aliphatic heterocycles. The largest absolute Gasteiger partial charge is 0.494 e. The van der Waals surface area contributed by atoms with Crippen molar-refractivity contribution < 1.29 is 14.6 Å². The van der Waals surface area contributed by atoms with E-state index >= 15 is 0 Å². The predicted molar refractivity (Wildman–Crippen MR) is 140 cm³/mol. The first-order valence-electron chi connectivity index (χ1n) is 11.7. The highest BCUT2D eigenvalue weighted by atomic mass is 16.5. The zero-order valence-electron chi connectivity index (χ0n) is 20.3. The summed E-state index contributed by atoms with van der Waals surface area (Å²) in [5, 5.41) is 10.8. The fourth-order valence-corrected chi connectivity index (χ4v) is 4.15. The Hall–Kier alpha value is -3.90. The molecule has 0 aliphatic carbocycles. The van der Waals surface area contributed by atoms with Crippen LogP contribution >= 0.6 is 0 Å². The van der Waals surface area contributed by atoms with Gasteiger partial charge < -0.3 is 19.3 Å². The quantitative estimate of drug-likeness (QED) is 0.347. The number of carboxylic acids is 1. The van der Waals surface area contributed by atoms with Crippen molar-refractivity contribution in [3.05, 3.63) is 100.0 Å². The number of hydrogen-bond acceptors (Lipinski definition) is 4. The third-order valence-electron chi connectivity index (χ3n) is 6.04. The Morgan fingerprint density at radius 1 is 1.03 bits per heavy atom. The second kappa shape index (κ2) is 10.6. The third kappa shape index (κ3) is 5.78. The number of aromatic nitrogens is 1. The number of benzene rings is 3. The lowest BCUT2D eigenvalue weighted by molar-refractivity contribution is 0.0697. The number of aryl methyl sites for hydroxylation is 1. The van der Waals surface area contributed by atoms with Crippen LogP contribution in [0.25, 0.3) is 21.9 Å². The Bertz CT molecular complexity index is 1420. The van der Waals surface area contributed by atoms with E-state index in [1.54, 1.807) is 29.0 Å². The zero-order valence-corrected chi connectivity index (χ0v) is 20.3. The summed E-state index contributed by atoms with van der Waals surface area (Å²) in [6.07, 6.45) is 2.75. The van der Waals surface area contributed by atoms with Gasteiger partial charge in [0, 0.05) is 18.1 Å². The molecule has 0 bridgehead atoms. The number of fused-ring (bicyclic) bond motifs is 1. The molecule has 0 saturated heterocycles. The summed E-state index contributed by atoms with van der Waals surface area (Å²) in [4.78, 5) is 26.7. The van der Waals surface area contributed by atoms with Crippen LogP contribution in [0.15, 0.2) is 77.7 Å². The fraction of sp³-hybridized carbons (Fsp3) is 0.241. The molecule has 0 fully saturated rings. The maximum atomic E-state index is 13.2. The smallest absolute Gasteiger partial charge is 0.335 e. The maximum Gasteiger partial charge on any atom is 0.335 e. The van der Waals surface area contributed by atoms with E-state index in [-0.39, 0.29) is 11.1 Å². The number of carbonyl (C=O) groups is 1. The van der Waals surface area contributed by atoms with Crippen LogP contribution in [0.1, 0.15) is 27.9 Å². The highest BCUT2D eigenvalue weighted by Crippen LogP contribution is 2.27. The molecule has 0 saturated carbocycles. The summed E-state index contributed by atoms with van der Waals surface area (Å²) in [6.45, 7) is 4.02. The van der Waals surface area contributed by atoms with Crippen molar-refractivity contribution in [1.82, 2.24) is 9.47 Å². The van der Waals surface area contributed by atoms with Gasteiger partial charge in [-0.05, 0) is 97.5 Å². The standard InChI is InChI=1S/C29H30N2O4/c1-20-8-9-24(29(33)34)18-27(20)22-10-11-26-23(17-22)12-14-31(28(26)32)19-21-6-4-7-25(16-21)35-15-5-13-30(2)3/h4,6-12,14,16-18H,5,13,15,19H2,1-3H3,(H,33,34). The van der Waals surface area contributed by atoms with Crippen molar-refractivity contribution in [3.8, 4) is 16.9 Å². The molecule has 1 aromatic heterocycles. The van der Waals surface area contributed by atoms with Crippen LogP contribution in [-0.4, -0.2) is 47.8 Å². The Labute approximate surface area is 205 Å². The molecule has 0 radical (unpaired) electrons. The molecule has 180 valence electrons. The molecule has 0 spiro atoms. The van der Waals surface area contributed by atoms with Gasteiger partial charge in [0.25, 0.3) is 5.56 Å². The molecule has 6 nitrogen and oxygen atoms in total. The predicted octanol–water partition coefficient (Wildman–Crippen LogP) is 5.05. The first-order chi connectivity index (χ1) is 16.8. The molecule has 35 heavy (non-hydrogen) atoms. The van der Waals surface area contributed by atoms with Gasteiger partial charge in [0.05, 0.1) is 18.7 Å². The van der Waals surface area contributed by atoms with E-state index in [9.17, 15) is 14.7 Å². The molecule has 1 N–H and O–H groups in total. The summed E-state index contributed by atoms with van der Waals surface area (Å²) in [6, 6.07) is 20.5. The summed E-state index contributed by atoms with van der Waals surface area (Å²) in [5.74, 6) is -0.156. The Morgan fingerprint density at radius 3 is 2.63 bits per heavy atom. The Morgan fingerprint density at radius 2 is 1.86 bits per heavy atom. The van der Waals surface area contributed by atoms with Crippen LogP contribution in [-0.2, 0) is 6.54 Å². The molecule has 6 heteroatoms. The van der Waals surface area contributed by atoms with E-state index in [1.165, 1.54) is 0 Å². The van der Waals surface area contributed by atoms with Gasteiger partial charge in [0.1, 0.15) is 5.75 Å². The van der Waals surface area contributed by atoms with Crippen LogP contribution in [0.4, 0.5) is 0 Å². The van der Waals surface area contributed by atoms with Crippen LogP contribution < -0.4 is 10.3 Å². The van der Waals surface area contributed by atoms with Crippen LogP contribution in [0.5, 0.6) is 5.75 Å². The van der Waals surface area contributed by atoms with E-state index in [4.69, 9.17) is 4.74 Å². The van der Waals surface area contributed by atoms with Gasteiger partial charge in [-0.15, -0.1) is 0 Å². The van der Waals surface area contributed by atoms with E-state index in [0.29, 0.717) is 18.5 Å². The first-order valence-corrected chi connectivity index (χ1v) is 11.7. The average Bonchev–Trinajstić information content (AvgIpc) is 2.84. The summed E-state index contributed by atoms with van der Waals surface area (Å²) in [7, 11) is 4.08. The normalized spacial score (nSPS) is 11.2. The fourth-order valence-electron chi connectivity index (χ4n) is 4.15. The monoisotopic (exact) mass is 470 g/mol. The molecular weight excluding hydrogens is 440 g/mol. The summed E-state index contributed by atoms with van der Waals surface area (Å²) >= 11 is 0. The lowest BCUT2D eigenvalue weighted by Gasteiger charge is -2.12. The van der Waals surface area contributed by atoms with Gasteiger partial charge in [-0.25, -0.2) is 4.79 Å². The summed E-state index contributed by atoms with van der Waals surface area (Å²) < 4.78 is 7.57. The van der Waals surface area contributed by atoms with Crippen molar-refractivity contribution in [2.45, 2.75) is 19.9 Å². The van der Waals surface area contributed by atoms with E-state index in [1.807, 2.05) is 69.6 Å². The second-order valence-corrected chi connectivity index (χ2v) is 9.04. The SMILES string of the molecule is Cc1ccc(C(=O)O)cc1-c1ccc2c(=O)n(Cc3cccc(OCCCN(C)C)c3)ccc2c1. The Balaban J connectivity index is 1.56. The van der Waals surface area contributed by atoms with Crippen LogP contribution in [0.2, 0.25) is 0 Å². The van der Waals surface area contributed by atoms with Crippen molar-refractivity contribution in [1.29, 1.82) is 0 Å². The molecule has 1 heterocycles. The van der Waals surface area contributed by atoms with Crippen LogP contribution in [0, 0.1) is 6.92 Å². The molecular formula is C29H30N2O4. The number of hydrogen-bond donors (Lipinski definition) is 1. The Kier molecular flexibility index (Phi) is 7.32. The van der Waals surface area contributed by atoms with E-state index in [2.05, 4.69) is 4.90 Å². The van der Waals surface area contributed by atoms with Crippen molar-refractivity contribution >= 4 is 16.7 Å². The summed E-state index contributed by atoms with van der Waals surface area (Å²) in [5.41, 5.74) is 3.88. The maximum absolute atomic E-state index is 13.2. The lowest BCUT2D eigenvalue weighted by Crippen LogP contribution is -2.20.